The molecule has 0 N–H and O–H groups in total. The van der Waals surface area contributed by atoms with Crippen LogP contribution in [0.4, 0.5) is 5.69 Å². The van der Waals surface area contributed by atoms with Gasteiger partial charge in [-0.1, -0.05) is 24.3 Å². The summed E-state index contributed by atoms with van der Waals surface area (Å²) in [5.41, 5.74) is 2.52. The van der Waals surface area contributed by atoms with Crippen LogP contribution in [0.5, 0.6) is 11.5 Å². The van der Waals surface area contributed by atoms with Gasteiger partial charge in [0.1, 0.15) is 0 Å². The molecule has 2 amide bonds. The average molecular weight is 307 g/mol. The van der Waals surface area contributed by atoms with E-state index in [1.807, 2.05) is 24.3 Å². The second-order valence-electron chi connectivity index (χ2n) is 6.02. The quantitative estimate of drug-likeness (QED) is 0.760. The van der Waals surface area contributed by atoms with Gasteiger partial charge in [-0.2, -0.15) is 0 Å². The van der Waals surface area contributed by atoms with Crippen molar-refractivity contribution in [3.63, 3.8) is 0 Å². The van der Waals surface area contributed by atoms with Crippen molar-refractivity contribution in [2.45, 2.75) is 18.3 Å². The van der Waals surface area contributed by atoms with E-state index in [1.165, 1.54) is 4.90 Å². The highest BCUT2D eigenvalue weighted by atomic mass is 16.7. The van der Waals surface area contributed by atoms with Crippen LogP contribution in [0.1, 0.15) is 29.4 Å². The van der Waals surface area contributed by atoms with Crippen LogP contribution in [-0.4, -0.2) is 18.6 Å². The molecule has 3 aliphatic rings. The Labute approximate surface area is 132 Å². The van der Waals surface area contributed by atoms with E-state index < -0.39 is 0 Å². The van der Waals surface area contributed by atoms with Crippen molar-refractivity contribution in [2.24, 2.45) is 0 Å². The molecule has 1 aliphatic carbocycles. The number of amides is 2. The second-order valence-corrected chi connectivity index (χ2v) is 6.02. The third kappa shape index (κ3) is 1.62. The lowest BCUT2D eigenvalue weighted by molar-refractivity contribution is -0.130. The summed E-state index contributed by atoms with van der Waals surface area (Å²) in [6.07, 6.45) is 0.581. The van der Waals surface area contributed by atoms with E-state index in [0.717, 1.165) is 11.1 Å². The number of benzene rings is 2. The maximum absolute atomic E-state index is 12.9. The number of imide groups is 1. The maximum atomic E-state index is 12.9. The zero-order valence-electron chi connectivity index (χ0n) is 12.2. The normalized spacial score (nSPS) is 24.1. The van der Waals surface area contributed by atoms with Crippen LogP contribution in [0.3, 0.4) is 0 Å². The van der Waals surface area contributed by atoms with E-state index in [2.05, 4.69) is 0 Å². The Morgan fingerprint density at radius 1 is 0.870 bits per heavy atom. The highest BCUT2D eigenvalue weighted by molar-refractivity contribution is 6.22. The summed E-state index contributed by atoms with van der Waals surface area (Å²) in [7, 11) is 0. The number of carbonyl (C=O) groups excluding carboxylic acids is 2. The van der Waals surface area contributed by atoms with Gasteiger partial charge in [-0.3, -0.25) is 9.59 Å². The summed E-state index contributed by atoms with van der Waals surface area (Å²) in [5.74, 6) is 0.416. The van der Waals surface area contributed by atoms with Gasteiger partial charge in [0, 0.05) is 6.07 Å². The van der Waals surface area contributed by atoms with Crippen molar-refractivity contribution >= 4 is 17.5 Å². The molecule has 23 heavy (non-hydrogen) atoms. The summed E-state index contributed by atoms with van der Waals surface area (Å²) < 4.78 is 10.6. The van der Waals surface area contributed by atoms with E-state index in [0.29, 0.717) is 23.6 Å². The lowest BCUT2D eigenvalue weighted by Crippen LogP contribution is -2.45. The van der Waals surface area contributed by atoms with Crippen molar-refractivity contribution in [1.29, 1.82) is 0 Å². The Morgan fingerprint density at radius 3 is 2.22 bits per heavy atom. The maximum Gasteiger partial charge on any atom is 0.241 e. The third-order valence-corrected chi connectivity index (χ3v) is 4.87. The molecule has 0 spiro atoms. The van der Waals surface area contributed by atoms with E-state index in [4.69, 9.17) is 9.47 Å². The Hall–Kier alpha value is -2.82. The van der Waals surface area contributed by atoms with E-state index in [9.17, 15) is 9.59 Å². The number of anilines is 1. The van der Waals surface area contributed by atoms with Crippen molar-refractivity contribution in [1.82, 2.24) is 0 Å². The first-order chi connectivity index (χ1) is 11.2. The number of rotatable bonds is 1. The standard InChI is InChI=1S/C18H13NO4/c20-17-13-8-14(12-4-2-1-3-11(12)13)18(21)19(17)10-5-6-15-16(7-10)23-9-22-15/h1-7,13-14H,8-9H2/t13-,14+. The largest absolute Gasteiger partial charge is 0.454 e. The highest BCUT2D eigenvalue weighted by Crippen LogP contribution is 2.48. The SMILES string of the molecule is O=C1[C@H]2C[C@@H](C(=O)N1c1ccc3c(c1)OCO3)c1ccccc12. The minimum atomic E-state index is -0.237. The molecule has 2 heterocycles. The second kappa shape index (κ2) is 4.35. The first kappa shape index (κ1) is 12.7. The Balaban J connectivity index is 1.61. The number of hydrogen-bond donors (Lipinski definition) is 0. The van der Waals surface area contributed by atoms with Crippen LogP contribution in [0.2, 0.25) is 0 Å². The van der Waals surface area contributed by atoms with Gasteiger partial charge >= 0.3 is 0 Å². The molecule has 5 heteroatoms. The van der Waals surface area contributed by atoms with Gasteiger partial charge < -0.3 is 9.47 Å². The van der Waals surface area contributed by atoms with Gasteiger partial charge in [0.15, 0.2) is 11.5 Å². The van der Waals surface area contributed by atoms with Crippen LogP contribution in [0.25, 0.3) is 0 Å². The van der Waals surface area contributed by atoms with Gasteiger partial charge in [0.05, 0.1) is 17.5 Å². The molecule has 2 aliphatic heterocycles. The zero-order chi connectivity index (χ0) is 15.6. The number of ether oxygens (including phenoxy) is 2. The molecular formula is C18H13NO4. The first-order valence-corrected chi connectivity index (χ1v) is 7.60. The van der Waals surface area contributed by atoms with Crippen LogP contribution < -0.4 is 14.4 Å². The van der Waals surface area contributed by atoms with Gasteiger partial charge in [0.2, 0.25) is 18.6 Å². The van der Waals surface area contributed by atoms with Crippen molar-refractivity contribution in [2.75, 3.05) is 11.7 Å². The smallest absolute Gasteiger partial charge is 0.241 e. The molecule has 0 unspecified atom stereocenters. The first-order valence-electron chi connectivity index (χ1n) is 7.60. The summed E-state index contributed by atoms with van der Waals surface area (Å²) >= 11 is 0. The summed E-state index contributed by atoms with van der Waals surface area (Å²) in [6.45, 7) is 0.164. The molecular weight excluding hydrogens is 294 g/mol. The number of fused-ring (bicyclic) bond motifs is 6. The lowest BCUT2D eigenvalue weighted by Gasteiger charge is -2.30. The Kier molecular flexibility index (Phi) is 2.40. The van der Waals surface area contributed by atoms with Crippen molar-refractivity contribution in [3.8, 4) is 11.5 Å². The third-order valence-electron chi connectivity index (χ3n) is 4.87. The average Bonchev–Trinajstić information content (AvgIpc) is 3.16. The number of carbonyl (C=O) groups is 2. The number of nitrogens with zero attached hydrogens (tertiary/aromatic N) is 1. The minimum Gasteiger partial charge on any atom is -0.454 e. The molecule has 5 nitrogen and oxygen atoms in total. The highest BCUT2D eigenvalue weighted by Gasteiger charge is 2.49. The molecule has 2 aromatic rings. The monoisotopic (exact) mass is 307 g/mol. The zero-order valence-corrected chi connectivity index (χ0v) is 12.2. The molecule has 2 atom stereocenters. The predicted octanol–water partition coefficient (Wildman–Crippen LogP) is 2.56. The fourth-order valence-corrected chi connectivity index (χ4v) is 3.80. The summed E-state index contributed by atoms with van der Waals surface area (Å²) in [4.78, 5) is 27.1. The number of piperidine rings is 1. The van der Waals surface area contributed by atoms with Crippen LogP contribution >= 0.6 is 0 Å². The molecule has 114 valence electrons. The molecule has 2 aromatic carbocycles. The minimum absolute atomic E-state index is 0.157. The molecule has 5 rings (SSSR count). The van der Waals surface area contributed by atoms with Gasteiger partial charge in [-0.15, -0.1) is 0 Å². The fourth-order valence-electron chi connectivity index (χ4n) is 3.80. The molecule has 0 saturated carbocycles. The summed E-state index contributed by atoms with van der Waals surface area (Å²) in [5, 5.41) is 0. The van der Waals surface area contributed by atoms with Crippen molar-refractivity contribution < 1.29 is 19.1 Å². The van der Waals surface area contributed by atoms with Gasteiger partial charge in [0.25, 0.3) is 0 Å². The van der Waals surface area contributed by atoms with Crippen LogP contribution in [0, 0.1) is 0 Å². The van der Waals surface area contributed by atoms with Crippen molar-refractivity contribution in [3.05, 3.63) is 53.6 Å². The van der Waals surface area contributed by atoms with Gasteiger partial charge in [-0.25, -0.2) is 4.90 Å². The molecule has 1 saturated heterocycles. The van der Waals surface area contributed by atoms with E-state index in [-0.39, 0.29) is 30.4 Å². The Morgan fingerprint density at radius 2 is 1.52 bits per heavy atom. The summed E-state index contributed by atoms with van der Waals surface area (Å²) in [6, 6.07) is 12.9. The van der Waals surface area contributed by atoms with Crippen LogP contribution in [0.15, 0.2) is 42.5 Å². The lowest BCUT2D eigenvalue weighted by atomic mass is 9.93. The van der Waals surface area contributed by atoms with E-state index >= 15 is 0 Å². The molecule has 0 aromatic heterocycles. The Bertz CT molecular complexity index is 819. The molecule has 0 radical (unpaired) electrons. The van der Waals surface area contributed by atoms with E-state index in [1.54, 1.807) is 18.2 Å². The predicted molar refractivity (Wildman–Crippen MR) is 81.6 cm³/mol. The van der Waals surface area contributed by atoms with Gasteiger partial charge in [-0.05, 0) is 29.7 Å². The topological polar surface area (TPSA) is 55.8 Å². The molecule has 1 fully saturated rings. The molecule has 2 bridgehead atoms. The van der Waals surface area contributed by atoms with Crippen LogP contribution in [-0.2, 0) is 9.59 Å². The fraction of sp³-hybridized carbons (Fsp3) is 0.222. The number of hydrogen-bond acceptors (Lipinski definition) is 4.